The molecule has 0 aliphatic rings. The lowest BCUT2D eigenvalue weighted by molar-refractivity contribution is 0.0786. The van der Waals surface area contributed by atoms with Crippen LogP contribution >= 0.6 is 0 Å². The van der Waals surface area contributed by atoms with Gasteiger partial charge >= 0.3 is 0 Å². The highest BCUT2D eigenvalue weighted by Crippen LogP contribution is 2.26. The fraction of sp³-hybridized carbons (Fsp3) is 0.463. The van der Waals surface area contributed by atoms with E-state index < -0.39 is 5.60 Å². The van der Waals surface area contributed by atoms with Crippen molar-refractivity contribution in [3.63, 3.8) is 0 Å². The predicted octanol–water partition coefficient (Wildman–Crippen LogP) is 35.4. The predicted molar refractivity (Wildman–Crippen MR) is 563 cm³/mol. The van der Waals surface area contributed by atoms with Gasteiger partial charge in [-0.05, 0) is 271 Å². The Hall–Kier alpha value is -9.22. The number of benzene rings is 11. The number of aliphatic hydroxyl groups is 1. The van der Waals surface area contributed by atoms with E-state index in [2.05, 4.69) is 419 Å². The van der Waals surface area contributed by atoms with E-state index in [1.54, 1.807) is 14.2 Å². The molecule has 0 aromatic heterocycles. The van der Waals surface area contributed by atoms with Crippen LogP contribution in [-0.4, -0.2) is 25.9 Å². The van der Waals surface area contributed by atoms with Gasteiger partial charge in [-0.3, -0.25) is 0 Å². The monoisotopic (exact) mass is 1720 g/mol. The highest BCUT2D eigenvalue weighted by atomic mass is 16.5. The van der Waals surface area contributed by atoms with E-state index in [-0.39, 0.29) is 5.41 Å². The van der Waals surface area contributed by atoms with Gasteiger partial charge in [-0.2, -0.15) is 0 Å². The number of para-hydroxylation sites is 1. The Morgan fingerprint density at radius 2 is 0.472 bits per heavy atom. The first kappa shape index (κ1) is 116. The van der Waals surface area contributed by atoms with Gasteiger partial charge in [0, 0.05) is 0 Å². The van der Waals surface area contributed by atoms with Crippen LogP contribution in [0.25, 0.3) is 0 Å². The van der Waals surface area contributed by atoms with Crippen LogP contribution in [0.2, 0.25) is 0 Å². The summed E-state index contributed by atoms with van der Waals surface area (Å²) in [7, 11) is 3.38. The van der Waals surface area contributed by atoms with Gasteiger partial charge in [0.25, 0.3) is 0 Å². The molecule has 0 spiro atoms. The molecule has 0 aliphatic heterocycles. The molecule has 1 N–H and O–H groups in total. The minimum Gasteiger partial charge on any atom is -0.497 e. The lowest BCUT2D eigenvalue weighted by Gasteiger charge is -2.19. The zero-order valence-electron chi connectivity index (χ0n) is 86.4. The van der Waals surface area contributed by atoms with E-state index >= 15 is 0 Å². The molecule has 0 aliphatic carbocycles. The number of rotatable bonds is 26. The number of ether oxygens (including phenoxy) is 3. The molecule has 0 radical (unpaired) electrons. The Morgan fingerprint density at radius 1 is 0.236 bits per heavy atom. The summed E-state index contributed by atoms with van der Waals surface area (Å²) in [4.78, 5) is 0. The zero-order chi connectivity index (χ0) is 95.5. The Kier molecular flexibility index (Phi) is 60.4. The second-order valence-corrected chi connectivity index (χ2v) is 40.3. The fourth-order valence-electron chi connectivity index (χ4n) is 13.0. The van der Waals surface area contributed by atoms with E-state index in [1.807, 2.05) is 86.6 Å². The average Bonchev–Trinajstić information content (AvgIpc) is 0.857. The molecule has 0 saturated heterocycles. The van der Waals surface area contributed by atoms with E-state index in [1.165, 1.54) is 116 Å². The molecule has 0 amide bonds. The first-order chi connectivity index (χ1) is 59.9. The lowest BCUT2D eigenvalue weighted by Crippen LogP contribution is -2.15. The quantitative estimate of drug-likeness (QED) is 0.0587. The molecule has 127 heavy (non-hydrogen) atoms. The van der Waals surface area contributed by atoms with Crippen LogP contribution < -0.4 is 14.2 Å². The minimum atomic E-state index is -0.726. The maximum atomic E-state index is 9.76. The standard InChI is InChI=1S/C14H22.C13H20O.C13H20.2C11H16O.2C11H16.C10H14O.2C10H14.C9H12/c1-11(2)10-12-6-8-13(9-7-12)14(3,4)5;1-10(2)9-11-5-7-12(8-6-11)13(3,4)14;1-10(2)9-12-5-7-13(8-6-12)11(3)4;1-9(2)8-10-4-6-11(12-3)7-5-10;1-10(2)8-9-12-11-6-4-3-5-7-11;1-9(2)8-11-6-4-10(3)5-7-11;1-10(2)8-9-11-6-4-3-5-7-11;1-8(2)9-4-6-10(11-3)7-5-9;1-8(2)10-6-4-9(3)5-7-10;1-9(2)8-10-6-4-3-5-7-10;1-8(2)9-6-4-3-5-7-9/h6-9,11H,10H2,1-5H3;5-8,10,14H,9H2,1-4H3;5-8,10-11H,9H2,1-4H3;4-7,9H,8H2,1-3H3;3-7,10H,8-9H2,1-2H3;4-7,9H,8H2,1-3H3;3-7,10H,8-9H2,1-2H3;4-8H,1-3H3;4-8H,1-3H3;3-7,9H,8H2,1-2H3;3-8H,1-2H3. The third kappa shape index (κ3) is 60.3. The topological polar surface area (TPSA) is 47.9 Å². The SMILES string of the molecule is CC(C)CCOc1ccccc1.CC(C)CCc1ccccc1.CC(C)Cc1ccc(C(C)(C)C)cc1.CC(C)Cc1ccc(C(C)(C)O)cc1.CC(C)Cc1ccc(C(C)C)cc1.CC(C)Cc1ccccc1.CC(C)c1ccccc1.COc1ccc(C(C)C)cc1.COc1ccc(CC(C)C)cc1.Cc1ccc(C(C)C)cc1.Cc1ccc(CC(C)C)cc1. The van der Waals surface area contributed by atoms with Crippen LogP contribution in [0.5, 0.6) is 17.2 Å². The highest BCUT2D eigenvalue weighted by molar-refractivity contribution is 5.33. The highest BCUT2D eigenvalue weighted by Gasteiger charge is 2.16. The van der Waals surface area contributed by atoms with Crippen molar-refractivity contribution in [1.82, 2.24) is 0 Å². The summed E-state index contributed by atoms with van der Waals surface area (Å²) in [6, 6.07) is 102. The Morgan fingerprint density at radius 3 is 0.756 bits per heavy atom. The number of methoxy groups -OCH3 is 2. The normalized spacial score (nSPS) is 10.8. The van der Waals surface area contributed by atoms with Gasteiger partial charge in [-0.15, -0.1) is 0 Å². The summed E-state index contributed by atoms with van der Waals surface area (Å²) in [5.41, 5.74) is 20.2. The molecule has 696 valence electrons. The molecule has 4 heteroatoms. The Balaban J connectivity index is 0.000000700. The summed E-state index contributed by atoms with van der Waals surface area (Å²) in [5, 5.41) is 9.76. The molecule has 4 nitrogen and oxygen atoms in total. The first-order valence-electron chi connectivity index (χ1n) is 48.1. The summed E-state index contributed by atoms with van der Waals surface area (Å²) in [5.74, 6) is 11.3. The Bertz CT molecular complexity index is 4280. The molecule has 0 bridgehead atoms. The maximum absolute atomic E-state index is 9.76. The average molecular weight is 1720 g/mol. The van der Waals surface area contributed by atoms with Crippen molar-refractivity contribution in [2.24, 2.45) is 47.3 Å². The van der Waals surface area contributed by atoms with Crippen LogP contribution in [0.4, 0.5) is 0 Å². The van der Waals surface area contributed by atoms with Crippen molar-refractivity contribution < 1.29 is 19.3 Å². The van der Waals surface area contributed by atoms with Gasteiger partial charge in [-0.1, -0.05) is 453 Å². The van der Waals surface area contributed by atoms with Crippen molar-refractivity contribution in [3.05, 3.63) is 375 Å². The number of aryl methyl sites for hydroxylation is 3. The molecule has 11 aromatic carbocycles. The number of hydrogen-bond donors (Lipinski definition) is 1. The molecule has 0 atom stereocenters. The molecular formula is C123H180O4. The smallest absolute Gasteiger partial charge is 0.119 e. The Labute approximate surface area is 781 Å². The summed E-state index contributed by atoms with van der Waals surface area (Å²) >= 11 is 0. The van der Waals surface area contributed by atoms with E-state index in [0.717, 1.165) is 84.2 Å². The minimum absolute atomic E-state index is 0.274. The van der Waals surface area contributed by atoms with Crippen LogP contribution in [0.3, 0.4) is 0 Å². The largest absolute Gasteiger partial charge is 0.497 e. The summed E-state index contributed by atoms with van der Waals surface area (Å²) in [6.45, 7) is 69.0. The van der Waals surface area contributed by atoms with Gasteiger partial charge < -0.3 is 19.3 Å². The molecule has 11 aromatic rings. The molecule has 0 heterocycles. The molecular weight excluding hydrogens is 1540 g/mol. The fourth-order valence-corrected chi connectivity index (χ4v) is 13.0. The van der Waals surface area contributed by atoms with Crippen molar-refractivity contribution in [2.45, 2.75) is 307 Å². The summed E-state index contributed by atoms with van der Waals surface area (Å²) in [6.07, 6.45) is 10.7. The van der Waals surface area contributed by atoms with Gasteiger partial charge in [0.05, 0.1) is 26.4 Å². The maximum Gasteiger partial charge on any atom is 0.119 e. The second kappa shape index (κ2) is 66.2. The van der Waals surface area contributed by atoms with Crippen molar-refractivity contribution >= 4 is 0 Å². The lowest BCUT2D eigenvalue weighted by atomic mass is 9.86. The van der Waals surface area contributed by atoms with Crippen molar-refractivity contribution in [2.75, 3.05) is 20.8 Å². The summed E-state index contributed by atoms with van der Waals surface area (Å²) < 4.78 is 15.6. The van der Waals surface area contributed by atoms with Gasteiger partial charge in [0.15, 0.2) is 0 Å². The zero-order valence-corrected chi connectivity index (χ0v) is 86.4. The van der Waals surface area contributed by atoms with Gasteiger partial charge in [0.2, 0.25) is 0 Å². The van der Waals surface area contributed by atoms with Crippen molar-refractivity contribution in [1.29, 1.82) is 0 Å². The third-order valence-electron chi connectivity index (χ3n) is 20.7. The van der Waals surface area contributed by atoms with Crippen molar-refractivity contribution in [3.8, 4) is 17.2 Å². The van der Waals surface area contributed by atoms with Crippen LogP contribution in [-0.2, 0) is 56.0 Å². The van der Waals surface area contributed by atoms with E-state index in [0.29, 0.717) is 35.5 Å². The van der Waals surface area contributed by atoms with Crippen LogP contribution in [0.15, 0.2) is 291 Å². The second-order valence-electron chi connectivity index (χ2n) is 40.3. The molecule has 0 saturated carbocycles. The third-order valence-corrected chi connectivity index (χ3v) is 20.7. The number of hydrogen-bond acceptors (Lipinski definition) is 4. The molecule has 11 rings (SSSR count). The first-order valence-corrected chi connectivity index (χ1v) is 48.1. The van der Waals surface area contributed by atoms with E-state index in [4.69, 9.17) is 14.2 Å². The van der Waals surface area contributed by atoms with Crippen LogP contribution in [0.1, 0.15) is 321 Å². The molecule has 0 fully saturated rings. The van der Waals surface area contributed by atoms with E-state index in [9.17, 15) is 5.11 Å². The molecule has 0 unspecified atom stereocenters. The van der Waals surface area contributed by atoms with Gasteiger partial charge in [0.1, 0.15) is 17.2 Å². The van der Waals surface area contributed by atoms with Gasteiger partial charge in [-0.25, -0.2) is 0 Å². The van der Waals surface area contributed by atoms with Crippen LogP contribution in [0, 0.1) is 61.2 Å².